The number of nitrogens with zero attached hydrogens (tertiary/aromatic N) is 9. The summed E-state index contributed by atoms with van der Waals surface area (Å²) >= 11 is 0. The Morgan fingerprint density at radius 1 is 0.722 bits per heavy atom. The van der Waals surface area contributed by atoms with Crippen molar-refractivity contribution in [3.8, 4) is 22.9 Å². The van der Waals surface area contributed by atoms with E-state index in [-0.39, 0.29) is 46.3 Å². The molecule has 0 amide bonds. The molecule has 4 aromatic heterocycles. The molecule has 0 saturated heterocycles. The van der Waals surface area contributed by atoms with Gasteiger partial charge in [-0.2, -0.15) is 0 Å². The first-order chi connectivity index (χ1) is 33.9. The third-order valence-electron chi connectivity index (χ3n) is 13.0. The van der Waals surface area contributed by atoms with Crippen LogP contribution in [0.15, 0.2) is 81.6 Å². The van der Waals surface area contributed by atoms with E-state index in [0.29, 0.717) is 74.4 Å². The minimum absolute atomic E-state index is 0.0545. The van der Waals surface area contributed by atoms with Crippen LogP contribution in [-0.2, 0) is 48.7 Å². The maximum absolute atomic E-state index is 15.9. The number of rotatable bonds is 21. The van der Waals surface area contributed by atoms with E-state index < -0.39 is 42.8 Å². The molecule has 0 aliphatic heterocycles. The van der Waals surface area contributed by atoms with Crippen molar-refractivity contribution in [1.29, 1.82) is 0 Å². The van der Waals surface area contributed by atoms with Crippen LogP contribution in [0.5, 0.6) is 0 Å². The van der Waals surface area contributed by atoms with Gasteiger partial charge in [0.1, 0.15) is 11.6 Å². The smallest absolute Gasteiger partial charge is 0.251 e. The number of nitrogens with one attached hydrogen (secondary N) is 1. The van der Waals surface area contributed by atoms with E-state index in [9.17, 15) is 16.8 Å². The van der Waals surface area contributed by atoms with Crippen LogP contribution < -0.4 is 30.3 Å². The number of aromatic nitrogens is 6. The van der Waals surface area contributed by atoms with E-state index in [1.807, 2.05) is 65.6 Å². The number of pyridine rings is 2. The number of hydrogen-bond donors (Lipinski definition) is 3. The summed E-state index contributed by atoms with van der Waals surface area (Å²) in [6, 6.07) is 22.2. The molecular formula is C49H64F2N12O7S2. The Morgan fingerprint density at radius 2 is 1.17 bits per heavy atom. The molecule has 388 valence electrons. The Balaban J connectivity index is 0.000000213. The zero-order valence-corrected chi connectivity index (χ0v) is 43.6. The van der Waals surface area contributed by atoms with Crippen molar-refractivity contribution in [3.63, 3.8) is 0 Å². The lowest BCUT2D eigenvalue weighted by Gasteiger charge is -2.26. The Bertz CT molecular complexity index is 3050. The van der Waals surface area contributed by atoms with Gasteiger partial charge in [-0.1, -0.05) is 74.5 Å². The van der Waals surface area contributed by atoms with Crippen LogP contribution in [0.2, 0.25) is 0 Å². The van der Waals surface area contributed by atoms with Gasteiger partial charge in [0.25, 0.3) is 11.8 Å². The second kappa shape index (κ2) is 21.5. The van der Waals surface area contributed by atoms with E-state index in [1.54, 1.807) is 21.0 Å². The highest BCUT2D eigenvalue weighted by Crippen LogP contribution is 2.41. The monoisotopic (exact) mass is 1030 g/mol. The predicted molar refractivity (Wildman–Crippen MR) is 272 cm³/mol. The third kappa shape index (κ3) is 13.1. The quantitative estimate of drug-likeness (QED) is 0.0710. The van der Waals surface area contributed by atoms with Gasteiger partial charge in [-0.05, 0) is 86.5 Å². The van der Waals surface area contributed by atoms with Crippen molar-refractivity contribution in [2.24, 2.45) is 35.1 Å². The maximum Gasteiger partial charge on any atom is 0.251 e. The Morgan fingerprint density at radius 3 is 1.60 bits per heavy atom. The first-order valence-corrected chi connectivity index (χ1v) is 27.2. The van der Waals surface area contributed by atoms with Crippen LogP contribution in [0.3, 0.4) is 0 Å². The van der Waals surface area contributed by atoms with Gasteiger partial charge in [0.2, 0.25) is 31.8 Å². The van der Waals surface area contributed by atoms with Gasteiger partial charge in [-0.25, -0.2) is 35.6 Å². The molecule has 2 saturated carbocycles. The molecule has 0 radical (unpaired) electrons. The number of methoxy groups -OCH3 is 1. The first-order valence-electron chi connectivity index (χ1n) is 23.5. The molecule has 6 aromatic rings. The zero-order chi connectivity index (χ0) is 52.3. The van der Waals surface area contributed by atoms with E-state index in [4.69, 9.17) is 25.0 Å². The van der Waals surface area contributed by atoms with Crippen LogP contribution >= 0.6 is 0 Å². The van der Waals surface area contributed by atoms with E-state index in [1.165, 1.54) is 26.2 Å². The standard InChI is InChI=1S/C26H35FN6O4S.C23H29FN6O3S/c1-17-13-19(17)16-33(11-12-36-4)21-14-20(22(27)23(29-21)32(3)38(5,34)35)24-30-31-25(37-24)26(2,28)15-18-9-7-6-8-10-18;1-14-10-16(14)13-26-18-11-17(19(24)20(27-18)30(3)34(4,31)32)21-28-29-22(33-21)23(2,25)12-15-8-6-5-7-9-15/h6-10,14,17,19H,11-13,15-16,28H2,1-5H3;5-9,11,14,16H,10,12-13,25H2,1-4H3,(H,26,27)/t17?,19?,26-;14?,16?,23-/m11/s1. The number of sulfonamides is 2. The highest BCUT2D eigenvalue weighted by atomic mass is 32.2. The van der Waals surface area contributed by atoms with Gasteiger partial charge in [-0.15, -0.1) is 20.4 Å². The summed E-state index contributed by atoms with van der Waals surface area (Å²) in [6.45, 7) is 10.1. The molecule has 2 fully saturated rings. The van der Waals surface area contributed by atoms with Gasteiger partial charge < -0.3 is 35.3 Å². The molecule has 2 aromatic carbocycles. The number of benzene rings is 2. The maximum atomic E-state index is 15.9. The second-order valence-corrected chi connectivity index (χ2v) is 23.6. The molecule has 23 heteroatoms. The van der Waals surface area contributed by atoms with Gasteiger partial charge in [0, 0.05) is 40.8 Å². The van der Waals surface area contributed by atoms with Crippen molar-refractivity contribution < 1.29 is 39.2 Å². The largest absolute Gasteiger partial charge is 0.419 e. The molecule has 5 N–H and O–H groups in total. The molecule has 4 heterocycles. The zero-order valence-electron chi connectivity index (χ0n) is 42.0. The molecule has 19 nitrogen and oxygen atoms in total. The van der Waals surface area contributed by atoms with Gasteiger partial charge >= 0.3 is 0 Å². The van der Waals surface area contributed by atoms with Crippen molar-refractivity contribution in [1.82, 2.24) is 30.4 Å². The average Bonchev–Trinajstić information content (AvgIpc) is 3.99. The number of hydrogen-bond acceptors (Lipinski definition) is 17. The number of ether oxygens (including phenoxy) is 1. The molecule has 0 spiro atoms. The summed E-state index contributed by atoms with van der Waals surface area (Å²) in [5.74, 6) is 0.435. The first kappa shape index (κ1) is 53.7. The molecular weight excluding hydrogens is 971 g/mol. The minimum atomic E-state index is -3.81. The highest BCUT2D eigenvalue weighted by Gasteiger charge is 2.37. The van der Waals surface area contributed by atoms with Crippen molar-refractivity contribution in [2.45, 2.75) is 64.5 Å². The third-order valence-corrected chi connectivity index (χ3v) is 15.4. The molecule has 4 unspecified atom stereocenters. The topological polar surface area (TPSA) is 255 Å². The number of anilines is 4. The number of nitrogens with two attached hydrogens (primary N) is 2. The van der Waals surface area contributed by atoms with E-state index >= 15 is 8.78 Å². The van der Waals surface area contributed by atoms with E-state index in [0.717, 1.165) is 45.1 Å². The van der Waals surface area contributed by atoms with Gasteiger partial charge in [0.05, 0.1) is 41.3 Å². The second-order valence-electron chi connectivity index (χ2n) is 19.6. The SMILES string of the molecule is CC1CC1CNc1cc(-c2nnc([C@](C)(N)Cc3ccccc3)o2)c(F)c(N(C)S(C)(=O)=O)n1.COCCN(CC1CC1C)c1cc(-c2nnc([C@](C)(N)Cc3ccccc3)o2)c(F)c(N(C)S(C)(=O)=O)n1. The van der Waals surface area contributed by atoms with Crippen LogP contribution in [0.4, 0.5) is 32.1 Å². The fourth-order valence-corrected chi connectivity index (χ4v) is 8.86. The predicted octanol–water partition coefficient (Wildman–Crippen LogP) is 6.34. The van der Waals surface area contributed by atoms with Gasteiger partial charge in [-0.3, -0.25) is 8.61 Å². The summed E-state index contributed by atoms with van der Waals surface area (Å²) in [5.41, 5.74) is 12.8. The summed E-state index contributed by atoms with van der Waals surface area (Å²) in [6.07, 6.45) is 5.00. The van der Waals surface area contributed by atoms with Crippen LogP contribution in [0.1, 0.15) is 63.4 Å². The van der Waals surface area contributed by atoms with Gasteiger partial charge in [0.15, 0.2) is 23.3 Å². The minimum Gasteiger partial charge on any atom is -0.419 e. The Kier molecular flexibility index (Phi) is 16.0. The Hall–Kier alpha value is -6.14. The molecule has 2 aliphatic rings. The molecule has 0 bridgehead atoms. The molecule has 72 heavy (non-hydrogen) atoms. The molecule has 2 aliphatic carbocycles. The summed E-state index contributed by atoms with van der Waals surface area (Å²) in [7, 11) is -3.46. The molecule has 8 rings (SSSR count). The highest BCUT2D eigenvalue weighted by molar-refractivity contribution is 7.92. The molecule has 6 atom stereocenters. The van der Waals surface area contributed by atoms with Crippen LogP contribution in [0, 0.1) is 35.3 Å². The van der Waals surface area contributed by atoms with Crippen LogP contribution in [0.25, 0.3) is 22.9 Å². The number of halogens is 2. The van der Waals surface area contributed by atoms with Crippen molar-refractivity contribution in [3.05, 3.63) is 107 Å². The van der Waals surface area contributed by atoms with Crippen LogP contribution in [-0.4, -0.2) is 107 Å². The summed E-state index contributed by atoms with van der Waals surface area (Å²) in [5, 5.41) is 19.5. The summed E-state index contributed by atoms with van der Waals surface area (Å²) in [4.78, 5) is 10.6. The lowest BCUT2D eigenvalue weighted by Crippen LogP contribution is -2.35. The lowest BCUT2D eigenvalue weighted by molar-refractivity contribution is 0.204. The van der Waals surface area contributed by atoms with Crippen molar-refractivity contribution in [2.75, 3.05) is 78.8 Å². The van der Waals surface area contributed by atoms with E-state index in [2.05, 4.69) is 49.5 Å². The fraction of sp³-hybridized carbons (Fsp3) is 0.469. The summed E-state index contributed by atoms with van der Waals surface area (Å²) < 4.78 is 98.8. The van der Waals surface area contributed by atoms with Crippen molar-refractivity contribution >= 4 is 43.3 Å². The normalized spacial score (nSPS) is 19.1. The average molecular weight is 1040 g/mol. The Labute approximate surface area is 419 Å². The lowest BCUT2D eigenvalue weighted by atomic mass is 9.94. The fourth-order valence-electron chi connectivity index (χ4n) is 7.99.